The topological polar surface area (TPSA) is 63.2 Å². The van der Waals surface area contributed by atoms with E-state index < -0.39 is 0 Å². The van der Waals surface area contributed by atoms with Crippen molar-refractivity contribution in [2.75, 3.05) is 23.8 Å². The second-order valence-electron chi connectivity index (χ2n) is 5.30. The molecular weight excluding hydrogens is 302 g/mol. The van der Waals surface area contributed by atoms with E-state index in [9.17, 15) is 4.79 Å². The second-order valence-corrected chi connectivity index (χ2v) is 5.30. The number of aromatic nitrogens is 1. The Bertz CT molecular complexity index is 831. The largest absolute Gasteiger partial charge is 0.494 e. The fraction of sp³-hybridized carbons (Fsp3) is 0.158. The first kappa shape index (κ1) is 15.8. The summed E-state index contributed by atoms with van der Waals surface area (Å²) in [6.07, 6.45) is 3.54. The van der Waals surface area contributed by atoms with Gasteiger partial charge in [0.25, 0.3) is 0 Å². The molecule has 2 aromatic carbocycles. The van der Waals surface area contributed by atoms with Crippen molar-refractivity contribution in [3.05, 3.63) is 60.9 Å². The van der Waals surface area contributed by atoms with Crippen LogP contribution in [0.1, 0.15) is 6.92 Å². The molecule has 0 radical (unpaired) electrons. The highest BCUT2D eigenvalue weighted by atomic mass is 16.5. The van der Waals surface area contributed by atoms with Crippen molar-refractivity contribution >= 4 is 28.1 Å². The van der Waals surface area contributed by atoms with Gasteiger partial charge < -0.3 is 15.4 Å². The molecule has 5 heteroatoms. The normalized spacial score (nSPS) is 10.4. The molecule has 0 unspecified atom stereocenters. The second kappa shape index (κ2) is 7.46. The monoisotopic (exact) mass is 321 g/mol. The third kappa shape index (κ3) is 4.01. The van der Waals surface area contributed by atoms with Crippen molar-refractivity contribution in [2.24, 2.45) is 0 Å². The quantitative estimate of drug-likeness (QED) is 0.727. The van der Waals surface area contributed by atoms with E-state index in [1.54, 1.807) is 12.4 Å². The summed E-state index contributed by atoms with van der Waals surface area (Å²) in [5.74, 6) is 0.718. The summed E-state index contributed by atoms with van der Waals surface area (Å²) < 4.78 is 5.39. The van der Waals surface area contributed by atoms with Crippen molar-refractivity contribution in [3.8, 4) is 5.75 Å². The summed E-state index contributed by atoms with van der Waals surface area (Å²) >= 11 is 0. The van der Waals surface area contributed by atoms with E-state index in [1.165, 1.54) is 0 Å². The van der Waals surface area contributed by atoms with Gasteiger partial charge in [0.05, 0.1) is 13.2 Å². The zero-order valence-corrected chi connectivity index (χ0v) is 13.5. The molecule has 2 N–H and O–H groups in total. The summed E-state index contributed by atoms with van der Waals surface area (Å²) in [7, 11) is 0. The molecule has 3 rings (SSSR count). The first-order chi connectivity index (χ1) is 11.7. The smallest absolute Gasteiger partial charge is 0.243 e. The average molecular weight is 321 g/mol. The molecular formula is C19H19N3O2. The van der Waals surface area contributed by atoms with Crippen molar-refractivity contribution in [2.45, 2.75) is 6.92 Å². The molecule has 1 heterocycles. The standard InChI is InChI=1S/C19H19N3O2/c1-2-24-18-7-5-16(6-8-18)21-13-19(23)22-17-4-3-15-12-20-10-9-14(15)11-17/h3-12,21H,2,13H2,1H3,(H,22,23). The van der Waals surface area contributed by atoms with Crippen molar-refractivity contribution in [1.29, 1.82) is 0 Å². The number of anilines is 2. The van der Waals surface area contributed by atoms with Gasteiger partial charge in [-0.3, -0.25) is 9.78 Å². The molecule has 1 aromatic heterocycles. The van der Waals surface area contributed by atoms with Gasteiger partial charge in [0.2, 0.25) is 5.91 Å². The van der Waals surface area contributed by atoms with E-state index in [0.29, 0.717) is 6.61 Å². The summed E-state index contributed by atoms with van der Waals surface area (Å²) in [5, 5.41) is 8.07. The summed E-state index contributed by atoms with van der Waals surface area (Å²) in [5.41, 5.74) is 1.64. The van der Waals surface area contributed by atoms with Crippen LogP contribution in [-0.2, 0) is 4.79 Å². The molecule has 0 atom stereocenters. The maximum absolute atomic E-state index is 12.1. The Labute approximate surface area is 140 Å². The van der Waals surface area contributed by atoms with Gasteiger partial charge in [-0.15, -0.1) is 0 Å². The summed E-state index contributed by atoms with van der Waals surface area (Å²) in [6.45, 7) is 2.78. The Kier molecular flexibility index (Phi) is 4.91. The zero-order valence-electron chi connectivity index (χ0n) is 13.5. The van der Waals surface area contributed by atoms with Crippen LogP contribution in [0.3, 0.4) is 0 Å². The van der Waals surface area contributed by atoms with Gasteiger partial charge in [-0.25, -0.2) is 0 Å². The molecule has 0 spiro atoms. The van der Waals surface area contributed by atoms with Crippen LogP contribution < -0.4 is 15.4 Å². The lowest BCUT2D eigenvalue weighted by molar-refractivity contribution is -0.114. The van der Waals surface area contributed by atoms with Gasteiger partial charge in [-0.1, -0.05) is 6.07 Å². The molecule has 0 saturated heterocycles. The van der Waals surface area contributed by atoms with E-state index in [1.807, 2.05) is 55.5 Å². The Hall–Kier alpha value is -3.08. The molecule has 0 aliphatic carbocycles. The fourth-order valence-corrected chi connectivity index (χ4v) is 2.38. The third-order valence-electron chi connectivity index (χ3n) is 3.54. The molecule has 0 saturated carbocycles. The molecule has 24 heavy (non-hydrogen) atoms. The predicted molar refractivity (Wildman–Crippen MR) is 96.5 cm³/mol. The van der Waals surface area contributed by atoms with E-state index in [-0.39, 0.29) is 12.5 Å². The zero-order chi connectivity index (χ0) is 16.8. The fourth-order valence-electron chi connectivity index (χ4n) is 2.38. The Morgan fingerprint density at radius 2 is 1.83 bits per heavy atom. The number of nitrogens with zero attached hydrogens (tertiary/aromatic N) is 1. The average Bonchev–Trinajstić information content (AvgIpc) is 2.61. The SMILES string of the molecule is CCOc1ccc(NCC(=O)Nc2ccc3cnccc3c2)cc1. The van der Waals surface area contributed by atoms with Crippen LogP contribution in [0.4, 0.5) is 11.4 Å². The van der Waals surface area contributed by atoms with Crippen LogP contribution in [-0.4, -0.2) is 24.0 Å². The molecule has 0 bridgehead atoms. The number of ether oxygens (including phenoxy) is 1. The number of hydrogen-bond acceptors (Lipinski definition) is 4. The predicted octanol–water partition coefficient (Wildman–Crippen LogP) is 3.68. The van der Waals surface area contributed by atoms with Crippen LogP contribution >= 0.6 is 0 Å². The minimum absolute atomic E-state index is 0.0997. The maximum Gasteiger partial charge on any atom is 0.243 e. The number of rotatable bonds is 6. The maximum atomic E-state index is 12.1. The van der Waals surface area contributed by atoms with Crippen molar-refractivity contribution in [1.82, 2.24) is 4.98 Å². The van der Waals surface area contributed by atoms with E-state index in [2.05, 4.69) is 15.6 Å². The minimum Gasteiger partial charge on any atom is -0.494 e. The van der Waals surface area contributed by atoms with E-state index in [4.69, 9.17) is 4.74 Å². The highest BCUT2D eigenvalue weighted by Gasteiger charge is 2.03. The third-order valence-corrected chi connectivity index (χ3v) is 3.54. The Morgan fingerprint density at radius 3 is 2.62 bits per heavy atom. The van der Waals surface area contributed by atoms with Crippen LogP contribution in [0.2, 0.25) is 0 Å². The molecule has 1 amide bonds. The van der Waals surface area contributed by atoms with Crippen molar-refractivity contribution in [3.63, 3.8) is 0 Å². The van der Waals surface area contributed by atoms with Gasteiger partial charge in [0, 0.05) is 29.2 Å². The lowest BCUT2D eigenvalue weighted by Crippen LogP contribution is -2.21. The van der Waals surface area contributed by atoms with Crippen molar-refractivity contribution < 1.29 is 9.53 Å². The van der Waals surface area contributed by atoms with Gasteiger partial charge in [-0.05, 0) is 54.8 Å². The number of pyridine rings is 1. The first-order valence-corrected chi connectivity index (χ1v) is 7.85. The van der Waals surface area contributed by atoms with Gasteiger partial charge >= 0.3 is 0 Å². The summed E-state index contributed by atoms with van der Waals surface area (Å²) in [6, 6.07) is 15.2. The highest BCUT2D eigenvalue weighted by molar-refractivity contribution is 5.96. The van der Waals surface area contributed by atoms with Crippen LogP contribution in [0.25, 0.3) is 10.8 Å². The van der Waals surface area contributed by atoms with Crippen LogP contribution in [0.15, 0.2) is 60.9 Å². The van der Waals surface area contributed by atoms with Crippen LogP contribution in [0, 0.1) is 0 Å². The Balaban J connectivity index is 1.56. The number of carbonyl (C=O) groups excluding carboxylic acids is 1. The van der Waals surface area contributed by atoms with E-state index in [0.717, 1.165) is 27.9 Å². The number of fused-ring (bicyclic) bond motifs is 1. The number of amides is 1. The molecule has 3 aromatic rings. The van der Waals surface area contributed by atoms with Gasteiger partial charge in [0.15, 0.2) is 0 Å². The summed E-state index contributed by atoms with van der Waals surface area (Å²) in [4.78, 5) is 16.2. The van der Waals surface area contributed by atoms with Crippen LogP contribution in [0.5, 0.6) is 5.75 Å². The highest BCUT2D eigenvalue weighted by Crippen LogP contribution is 2.18. The molecule has 5 nitrogen and oxygen atoms in total. The lowest BCUT2D eigenvalue weighted by Gasteiger charge is -2.09. The molecule has 0 aliphatic heterocycles. The number of hydrogen-bond donors (Lipinski definition) is 2. The lowest BCUT2D eigenvalue weighted by atomic mass is 10.1. The number of benzene rings is 2. The minimum atomic E-state index is -0.0997. The molecule has 0 aliphatic rings. The molecule has 0 fully saturated rings. The Morgan fingerprint density at radius 1 is 1.04 bits per heavy atom. The first-order valence-electron chi connectivity index (χ1n) is 7.85. The number of nitrogens with one attached hydrogen (secondary N) is 2. The van der Waals surface area contributed by atoms with Gasteiger partial charge in [-0.2, -0.15) is 0 Å². The molecule has 122 valence electrons. The van der Waals surface area contributed by atoms with E-state index >= 15 is 0 Å². The van der Waals surface area contributed by atoms with Gasteiger partial charge in [0.1, 0.15) is 5.75 Å². The number of carbonyl (C=O) groups is 1.